The summed E-state index contributed by atoms with van der Waals surface area (Å²) < 4.78 is 24.4. The van der Waals surface area contributed by atoms with E-state index < -0.39 is 0 Å². The van der Waals surface area contributed by atoms with Gasteiger partial charge in [0.25, 0.3) is 0 Å². The van der Waals surface area contributed by atoms with Crippen molar-refractivity contribution in [2.24, 2.45) is 0 Å². The first-order valence-electron chi connectivity index (χ1n) is 7.28. The molecule has 0 saturated carbocycles. The predicted octanol–water partition coefficient (Wildman–Crippen LogP) is 3.59. The van der Waals surface area contributed by atoms with Crippen LogP contribution in [0, 0.1) is 5.82 Å². The van der Waals surface area contributed by atoms with Crippen LogP contribution in [0.4, 0.5) is 4.39 Å². The van der Waals surface area contributed by atoms with Gasteiger partial charge in [0, 0.05) is 12.2 Å². The molecule has 1 N–H and O–H groups in total. The number of aliphatic hydroxyl groups excluding tert-OH is 1. The lowest BCUT2D eigenvalue weighted by Crippen LogP contribution is -1.96. The SMILES string of the molecule is OCCc1ccc(OCc2ncc(-c3cccc(F)c3)o2)cc1. The van der Waals surface area contributed by atoms with Crippen LogP contribution in [0.15, 0.2) is 59.1 Å². The average molecular weight is 313 g/mol. The maximum atomic E-state index is 13.2. The van der Waals surface area contributed by atoms with E-state index in [-0.39, 0.29) is 19.0 Å². The second-order valence-electron chi connectivity index (χ2n) is 5.03. The van der Waals surface area contributed by atoms with Gasteiger partial charge in [-0.05, 0) is 36.2 Å². The standard InChI is InChI=1S/C18H16FNO3/c19-15-3-1-2-14(10-15)17-11-20-18(23-17)12-22-16-6-4-13(5-7-16)8-9-21/h1-7,10-11,21H,8-9,12H2. The van der Waals surface area contributed by atoms with E-state index in [1.54, 1.807) is 18.3 Å². The van der Waals surface area contributed by atoms with Gasteiger partial charge in [-0.15, -0.1) is 0 Å². The zero-order valence-corrected chi connectivity index (χ0v) is 12.4. The summed E-state index contributed by atoms with van der Waals surface area (Å²) in [5.74, 6) is 1.29. The fraction of sp³-hybridized carbons (Fsp3) is 0.167. The van der Waals surface area contributed by atoms with Crippen LogP contribution in [0.3, 0.4) is 0 Å². The summed E-state index contributed by atoms with van der Waals surface area (Å²) in [6.45, 7) is 0.314. The van der Waals surface area contributed by atoms with E-state index in [0.29, 0.717) is 29.4 Å². The number of hydrogen-bond donors (Lipinski definition) is 1. The summed E-state index contributed by atoms with van der Waals surface area (Å²) in [5, 5.41) is 8.88. The van der Waals surface area contributed by atoms with Crippen molar-refractivity contribution in [1.29, 1.82) is 0 Å². The van der Waals surface area contributed by atoms with Crippen LogP contribution in [-0.2, 0) is 13.0 Å². The van der Waals surface area contributed by atoms with Gasteiger partial charge in [-0.2, -0.15) is 0 Å². The van der Waals surface area contributed by atoms with Crippen LogP contribution in [-0.4, -0.2) is 16.7 Å². The molecule has 0 saturated heterocycles. The number of oxazole rings is 1. The molecule has 1 aromatic heterocycles. The van der Waals surface area contributed by atoms with Crippen molar-refractivity contribution in [3.63, 3.8) is 0 Å². The smallest absolute Gasteiger partial charge is 0.232 e. The van der Waals surface area contributed by atoms with E-state index in [9.17, 15) is 4.39 Å². The Bertz CT molecular complexity index is 768. The summed E-state index contributed by atoms with van der Waals surface area (Å²) in [5.41, 5.74) is 1.68. The Morgan fingerprint density at radius 1 is 1.13 bits per heavy atom. The van der Waals surface area contributed by atoms with Gasteiger partial charge in [0.05, 0.1) is 6.20 Å². The summed E-state index contributed by atoms with van der Waals surface area (Å²) >= 11 is 0. The third-order valence-corrected chi connectivity index (χ3v) is 3.35. The topological polar surface area (TPSA) is 55.5 Å². The van der Waals surface area contributed by atoms with E-state index in [4.69, 9.17) is 14.3 Å². The predicted molar refractivity (Wildman–Crippen MR) is 83.5 cm³/mol. The number of aliphatic hydroxyl groups is 1. The average Bonchev–Trinajstić information content (AvgIpc) is 3.04. The molecule has 0 bridgehead atoms. The summed E-state index contributed by atoms with van der Waals surface area (Å²) in [7, 11) is 0. The Balaban J connectivity index is 1.63. The van der Waals surface area contributed by atoms with Crippen molar-refractivity contribution in [3.8, 4) is 17.1 Å². The first-order chi connectivity index (χ1) is 11.2. The lowest BCUT2D eigenvalue weighted by molar-refractivity contribution is 0.264. The molecular weight excluding hydrogens is 297 g/mol. The zero-order valence-electron chi connectivity index (χ0n) is 12.4. The van der Waals surface area contributed by atoms with Crippen LogP contribution in [0.5, 0.6) is 5.75 Å². The number of halogens is 1. The molecule has 0 fully saturated rings. The van der Waals surface area contributed by atoms with Gasteiger partial charge in [0.1, 0.15) is 11.6 Å². The van der Waals surface area contributed by atoms with Gasteiger partial charge in [-0.1, -0.05) is 24.3 Å². The monoisotopic (exact) mass is 313 g/mol. The molecule has 0 aliphatic heterocycles. The molecule has 23 heavy (non-hydrogen) atoms. The molecule has 0 aliphatic rings. The minimum absolute atomic E-state index is 0.124. The highest BCUT2D eigenvalue weighted by atomic mass is 19.1. The molecule has 4 nitrogen and oxygen atoms in total. The fourth-order valence-corrected chi connectivity index (χ4v) is 2.18. The molecule has 2 aromatic carbocycles. The van der Waals surface area contributed by atoms with Crippen LogP contribution >= 0.6 is 0 Å². The Kier molecular flexibility index (Phi) is 4.68. The van der Waals surface area contributed by atoms with E-state index in [0.717, 1.165) is 5.56 Å². The van der Waals surface area contributed by atoms with Crippen LogP contribution in [0.25, 0.3) is 11.3 Å². The third-order valence-electron chi connectivity index (χ3n) is 3.35. The first kappa shape index (κ1) is 15.2. The number of hydrogen-bond acceptors (Lipinski definition) is 4. The molecule has 0 unspecified atom stereocenters. The lowest BCUT2D eigenvalue weighted by atomic mass is 10.1. The number of aromatic nitrogens is 1. The second-order valence-corrected chi connectivity index (χ2v) is 5.03. The number of rotatable bonds is 6. The minimum Gasteiger partial charge on any atom is -0.484 e. The van der Waals surface area contributed by atoms with Crippen molar-refractivity contribution in [3.05, 3.63) is 72.0 Å². The molecule has 0 atom stereocenters. The molecule has 0 spiro atoms. The molecule has 5 heteroatoms. The molecular formula is C18H16FNO3. The van der Waals surface area contributed by atoms with Crippen molar-refractivity contribution in [2.75, 3.05) is 6.61 Å². The van der Waals surface area contributed by atoms with Gasteiger partial charge in [-0.3, -0.25) is 0 Å². The Hall–Kier alpha value is -2.66. The van der Waals surface area contributed by atoms with E-state index >= 15 is 0 Å². The minimum atomic E-state index is -0.320. The van der Waals surface area contributed by atoms with Crippen LogP contribution in [0.2, 0.25) is 0 Å². The lowest BCUT2D eigenvalue weighted by Gasteiger charge is -2.04. The quantitative estimate of drug-likeness (QED) is 0.755. The Morgan fingerprint density at radius 3 is 2.70 bits per heavy atom. The third kappa shape index (κ3) is 3.96. The van der Waals surface area contributed by atoms with Gasteiger partial charge >= 0.3 is 0 Å². The highest BCUT2D eigenvalue weighted by Gasteiger charge is 2.08. The summed E-state index contributed by atoms with van der Waals surface area (Å²) in [4.78, 5) is 4.14. The van der Waals surface area contributed by atoms with Crippen molar-refractivity contribution < 1.29 is 18.7 Å². The fourth-order valence-electron chi connectivity index (χ4n) is 2.18. The summed E-state index contributed by atoms with van der Waals surface area (Å²) in [6, 6.07) is 13.6. The normalized spacial score (nSPS) is 10.7. The molecule has 3 aromatic rings. The highest BCUT2D eigenvalue weighted by molar-refractivity contribution is 5.56. The number of benzene rings is 2. The van der Waals surface area contributed by atoms with Gasteiger partial charge < -0.3 is 14.3 Å². The molecule has 0 radical (unpaired) electrons. The van der Waals surface area contributed by atoms with Crippen LogP contribution in [0.1, 0.15) is 11.5 Å². The largest absolute Gasteiger partial charge is 0.484 e. The number of ether oxygens (including phenoxy) is 1. The molecule has 0 aliphatic carbocycles. The van der Waals surface area contributed by atoms with E-state index in [2.05, 4.69) is 4.98 Å². The molecule has 1 heterocycles. The molecule has 118 valence electrons. The van der Waals surface area contributed by atoms with Gasteiger partial charge in [0.2, 0.25) is 5.89 Å². The number of nitrogens with zero attached hydrogens (tertiary/aromatic N) is 1. The summed E-state index contributed by atoms with van der Waals surface area (Å²) in [6.07, 6.45) is 2.18. The molecule has 0 amide bonds. The van der Waals surface area contributed by atoms with E-state index in [1.807, 2.05) is 24.3 Å². The van der Waals surface area contributed by atoms with Crippen molar-refractivity contribution in [1.82, 2.24) is 4.98 Å². The van der Waals surface area contributed by atoms with E-state index in [1.165, 1.54) is 12.1 Å². The molecule has 3 rings (SSSR count). The second kappa shape index (κ2) is 7.07. The Labute approximate surface area is 133 Å². The highest BCUT2D eigenvalue weighted by Crippen LogP contribution is 2.22. The maximum Gasteiger partial charge on any atom is 0.232 e. The van der Waals surface area contributed by atoms with Crippen molar-refractivity contribution >= 4 is 0 Å². The Morgan fingerprint density at radius 2 is 1.96 bits per heavy atom. The van der Waals surface area contributed by atoms with Gasteiger partial charge in [-0.25, -0.2) is 9.37 Å². The zero-order chi connectivity index (χ0) is 16.1. The van der Waals surface area contributed by atoms with Crippen molar-refractivity contribution in [2.45, 2.75) is 13.0 Å². The van der Waals surface area contributed by atoms with Crippen LogP contribution < -0.4 is 4.74 Å². The first-order valence-corrected chi connectivity index (χ1v) is 7.28. The maximum absolute atomic E-state index is 13.2. The van der Waals surface area contributed by atoms with Gasteiger partial charge in [0.15, 0.2) is 12.4 Å².